The van der Waals surface area contributed by atoms with Gasteiger partial charge in [0.1, 0.15) is 0 Å². The molecule has 0 aliphatic carbocycles. The van der Waals surface area contributed by atoms with Gasteiger partial charge < -0.3 is 14.4 Å². The maximum atomic E-state index is 10.8. The molecule has 1 N–H and O–H groups in total. The molecule has 2 rings (SSSR count). The minimum atomic E-state index is -1.05. The van der Waals surface area contributed by atoms with Crippen LogP contribution in [0.4, 0.5) is 11.6 Å². The van der Waals surface area contributed by atoms with E-state index in [1.54, 1.807) is 6.07 Å². The van der Waals surface area contributed by atoms with E-state index in [0.717, 1.165) is 5.69 Å². The highest BCUT2D eigenvalue weighted by Crippen LogP contribution is 2.27. The summed E-state index contributed by atoms with van der Waals surface area (Å²) < 4.78 is 5.31. The zero-order valence-electron chi connectivity index (χ0n) is 10.4. The first-order chi connectivity index (χ1) is 8.61. The maximum Gasteiger partial charge on any atom is 0.371 e. The van der Waals surface area contributed by atoms with Gasteiger partial charge in [-0.1, -0.05) is 17.7 Å². The Balaban J connectivity index is 2.32. The van der Waals surface area contributed by atoms with E-state index in [9.17, 15) is 4.79 Å². The largest absolute Gasteiger partial charge is 0.475 e. The Morgan fingerprint density at radius 2 is 1.89 bits per heavy atom. The average Bonchev–Trinajstić information content (AvgIpc) is 2.82. The number of anilines is 2. The van der Waals surface area contributed by atoms with Crippen LogP contribution in [0.1, 0.15) is 23.0 Å². The van der Waals surface area contributed by atoms with E-state index in [1.165, 1.54) is 11.6 Å². The van der Waals surface area contributed by atoms with Gasteiger partial charge in [0.05, 0.1) is 0 Å². The van der Waals surface area contributed by atoms with Crippen LogP contribution in [0.5, 0.6) is 0 Å². The van der Waals surface area contributed by atoms with Crippen molar-refractivity contribution in [3.8, 4) is 0 Å². The highest BCUT2D eigenvalue weighted by atomic mass is 16.4. The SMILES string of the molecule is CCN(c1ccc(C)cc1)c1ccc(C(=O)O)o1. The van der Waals surface area contributed by atoms with Crippen LogP contribution in [0, 0.1) is 6.92 Å². The summed E-state index contributed by atoms with van der Waals surface area (Å²) in [6.07, 6.45) is 0. The second-order valence-electron chi connectivity index (χ2n) is 4.02. The fourth-order valence-electron chi connectivity index (χ4n) is 1.78. The molecule has 2 aromatic rings. The molecule has 1 aromatic heterocycles. The van der Waals surface area contributed by atoms with Crippen LogP contribution in [0.2, 0.25) is 0 Å². The minimum Gasteiger partial charge on any atom is -0.475 e. The van der Waals surface area contributed by atoms with Crippen LogP contribution in [-0.2, 0) is 0 Å². The van der Waals surface area contributed by atoms with Gasteiger partial charge in [0, 0.05) is 18.3 Å². The van der Waals surface area contributed by atoms with E-state index in [4.69, 9.17) is 9.52 Å². The van der Waals surface area contributed by atoms with Crippen molar-refractivity contribution in [2.24, 2.45) is 0 Å². The second kappa shape index (κ2) is 4.96. The summed E-state index contributed by atoms with van der Waals surface area (Å²) in [5.74, 6) is -0.560. The van der Waals surface area contributed by atoms with Crippen molar-refractivity contribution in [3.63, 3.8) is 0 Å². The van der Waals surface area contributed by atoms with E-state index in [-0.39, 0.29) is 5.76 Å². The standard InChI is InChI=1S/C14H15NO3/c1-3-15(11-6-4-10(2)5-7-11)13-9-8-12(18-13)14(16)17/h4-9H,3H2,1-2H3,(H,16,17). The Bertz CT molecular complexity index is 542. The quantitative estimate of drug-likeness (QED) is 0.896. The Morgan fingerprint density at radius 3 is 2.39 bits per heavy atom. The monoisotopic (exact) mass is 245 g/mol. The summed E-state index contributed by atoms with van der Waals surface area (Å²) in [6.45, 7) is 4.72. The van der Waals surface area contributed by atoms with Gasteiger partial charge in [-0.25, -0.2) is 4.79 Å². The molecule has 0 radical (unpaired) electrons. The Morgan fingerprint density at radius 1 is 1.22 bits per heavy atom. The lowest BCUT2D eigenvalue weighted by Gasteiger charge is -2.20. The zero-order valence-corrected chi connectivity index (χ0v) is 10.4. The Labute approximate surface area is 105 Å². The first kappa shape index (κ1) is 12.2. The maximum absolute atomic E-state index is 10.8. The summed E-state index contributed by atoms with van der Waals surface area (Å²) >= 11 is 0. The third-order valence-corrected chi connectivity index (χ3v) is 2.73. The van der Waals surface area contributed by atoms with Gasteiger partial charge in [-0.2, -0.15) is 0 Å². The molecule has 0 saturated heterocycles. The van der Waals surface area contributed by atoms with Crippen molar-refractivity contribution in [2.75, 3.05) is 11.4 Å². The average molecular weight is 245 g/mol. The highest BCUT2D eigenvalue weighted by Gasteiger charge is 2.14. The Hall–Kier alpha value is -2.23. The van der Waals surface area contributed by atoms with E-state index in [2.05, 4.69) is 0 Å². The molecule has 0 atom stereocenters. The number of benzene rings is 1. The van der Waals surface area contributed by atoms with Crippen LogP contribution >= 0.6 is 0 Å². The van der Waals surface area contributed by atoms with Gasteiger partial charge in [0.25, 0.3) is 0 Å². The molecule has 4 heteroatoms. The lowest BCUT2D eigenvalue weighted by molar-refractivity contribution is 0.0663. The van der Waals surface area contributed by atoms with Crippen LogP contribution in [0.25, 0.3) is 0 Å². The van der Waals surface area contributed by atoms with E-state index >= 15 is 0 Å². The summed E-state index contributed by atoms with van der Waals surface area (Å²) in [6, 6.07) is 11.1. The van der Waals surface area contributed by atoms with Crippen molar-refractivity contribution in [2.45, 2.75) is 13.8 Å². The van der Waals surface area contributed by atoms with E-state index < -0.39 is 5.97 Å². The highest BCUT2D eigenvalue weighted by molar-refractivity contribution is 5.85. The molecule has 0 aliphatic heterocycles. The fraction of sp³-hybridized carbons (Fsp3) is 0.214. The number of furan rings is 1. The molecule has 0 fully saturated rings. The molecule has 1 aromatic carbocycles. The first-order valence-electron chi connectivity index (χ1n) is 5.79. The van der Waals surface area contributed by atoms with Crippen LogP contribution in [-0.4, -0.2) is 17.6 Å². The molecule has 0 saturated carbocycles. The van der Waals surface area contributed by atoms with Crippen molar-refractivity contribution >= 4 is 17.5 Å². The number of aromatic carboxylic acids is 1. The van der Waals surface area contributed by atoms with Crippen molar-refractivity contribution in [3.05, 3.63) is 47.7 Å². The first-order valence-corrected chi connectivity index (χ1v) is 5.79. The number of aryl methyl sites for hydroxylation is 1. The molecule has 0 unspecified atom stereocenters. The van der Waals surface area contributed by atoms with Crippen molar-refractivity contribution in [1.82, 2.24) is 0 Å². The molecular weight excluding hydrogens is 230 g/mol. The summed E-state index contributed by atoms with van der Waals surface area (Å²) in [5, 5.41) is 8.85. The molecule has 0 aliphatic rings. The molecule has 0 spiro atoms. The Kier molecular flexibility index (Phi) is 3.37. The molecule has 18 heavy (non-hydrogen) atoms. The van der Waals surface area contributed by atoms with Gasteiger partial charge in [-0.05, 0) is 32.0 Å². The molecular formula is C14H15NO3. The molecule has 4 nitrogen and oxygen atoms in total. The predicted molar refractivity (Wildman–Crippen MR) is 69.5 cm³/mol. The van der Waals surface area contributed by atoms with Gasteiger partial charge in [-0.3, -0.25) is 0 Å². The van der Waals surface area contributed by atoms with E-state index in [0.29, 0.717) is 12.4 Å². The normalized spacial score (nSPS) is 10.3. The number of carboxylic acid groups (broad SMARTS) is 1. The minimum absolute atomic E-state index is 0.0458. The molecule has 0 amide bonds. The van der Waals surface area contributed by atoms with Gasteiger partial charge >= 0.3 is 5.97 Å². The number of nitrogens with zero attached hydrogens (tertiary/aromatic N) is 1. The van der Waals surface area contributed by atoms with E-state index in [1.807, 2.05) is 43.0 Å². The van der Waals surface area contributed by atoms with Crippen LogP contribution < -0.4 is 4.90 Å². The topological polar surface area (TPSA) is 53.7 Å². The summed E-state index contributed by atoms with van der Waals surface area (Å²) in [4.78, 5) is 12.7. The summed E-state index contributed by atoms with van der Waals surface area (Å²) in [5.41, 5.74) is 2.16. The van der Waals surface area contributed by atoms with Crippen molar-refractivity contribution in [1.29, 1.82) is 0 Å². The number of hydrogen-bond acceptors (Lipinski definition) is 3. The lowest BCUT2D eigenvalue weighted by atomic mass is 10.2. The number of carboxylic acids is 1. The van der Waals surface area contributed by atoms with Crippen molar-refractivity contribution < 1.29 is 14.3 Å². The number of hydrogen-bond donors (Lipinski definition) is 1. The smallest absolute Gasteiger partial charge is 0.371 e. The third kappa shape index (κ3) is 2.37. The van der Waals surface area contributed by atoms with Gasteiger partial charge in [0.15, 0.2) is 0 Å². The third-order valence-electron chi connectivity index (χ3n) is 2.73. The number of rotatable bonds is 4. The summed E-state index contributed by atoms with van der Waals surface area (Å²) in [7, 11) is 0. The molecule has 1 heterocycles. The second-order valence-corrected chi connectivity index (χ2v) is 4.02. The van der Waals surface area contributed by atoms with Gasteiger partial charge in [-0.15, -0.1) is 0 Å². The van der Waals surface area contributed by atoms with Crippen LogP contribution in [0.15, 0.2) is 40.8 Å². The van der Waals surface area contributed by atoms with Gasteiger partial charge in [0.2, 0.25) is 11.6 Å². The number of carbonyl (C=O) groups is 1. The van der Waals surface area contributed by atoms with Crippen LogP contribution in [0.3, 0.4) is 0 Å². The zero-order chi connectivity index (χ0) is 13.1. The lowest BCUT2D eigenvalue weighted by Crippen LogP contribution is -2.15. The predicted octanol–water partition coefficient (Wildman–Crippen LogP) is 3.44. The molecule has 94 valence electrons. The fourth-order valence-corrected chi connectivity index (χ4v) is 1.78. The molecule has 0 bridgehead atoms.